The fourth-order valence-electron chi connectivity index (χ4n) is 8.98. The van der Waals surface area contributed by atoms with Gasteiger partial charge in [-0.1, -0.05) is 20.8 Å². The molecule has 0 aromatic carbocycles. The number of rotatable bonds is 6. The Bertz CT molecular complexity index is 733. The van der Waals surface area contributed by atoms with E-state index in [1.54, 1.807) is 0 Å². The number of hydrogen-bond acceptors (Lipinski definition) is 4. The fourth-order valence-corrected chi connectivity index (χ4v) is 8.98. The van der Waals surface area contributed by atoms with Crippen molar-refractivity contribution in [3.63, 3.8) is 0 Å². The van der Waals surface area contributed by atoms with Gasteiger partial charge in [-0.05, 0) is 104 Å². The number of amides is 1. The van der Waals surface area contributed by atoms with Crippen LogP contribution < -0.4 is 5.32 Å². The predicted molar refractivity (Wildman–Crippen MR) is 129 cm³/mol. The Morgan fingerprint density at radius 2 is 1.76 bits per heavy atom. The summed E-state index contributed by atoms with van der Waals surface area (Å²) in [5.74, 6) is 1.84. The Labute approximate surface area is 221 Å². The van der Waals surface area contributed by atoms with Crippen molar-refractivity contribution in [1.29, 1.82) is 0 Å². The molecular weight excluding hydrogens is 429 g/mol. The Hall–Kier alpha value is -0.140. The van der Waals surface area contributed by atoms with E-state index in [2.05, 4.69) is 26.1 Å². The molecular formula is C26H44NNaO5. The van der Waals surface area contributed by atoms with Crippen molar-refractivity contribution in [3.05, 3.63) is 0 Å². The number of aliphatic carboxylic acids is 1. The molecule has 33 heavy (non-hydrogen) atoms. The van der Waals surface area contributed by atoms with Crippen molar-refractivity contribution in [2.45, 2.75) is 97.2 Å². The van der Waals surface area contributed by atoms with Crippen LogP contribution in [0.2, 0.25) is 0 Å². The van der Waals surface area contributed by atoms with Crippen LogP contribution in [-0.4, -0.2) is 75.5 Å². The van der Waals surface area contributed by atoms with Gasteiger partial charge in [0.25, 0.3) is 0 Å². The Balaban J connectivity index is 0.00000306. The van der Waals surface area contributed by atoms with Gasteiger partial charge in [-0.25, -0.2) is 0 Å². The number of carboxylic acids is 1. The summed E-state index contributed by atoms with van der Waals surface area (Å²) in [5.41, 5.74) is 0.145. The molecule has 0 spiro atoms. The van der Waals surface area contributed by atoms with Crippen LogP contribution in [0, 0.1) is 46.3 Å². The summed E-state index contributed by atoms with van der Waals surface area (Å²) in [4.78, 5) is 22.7. The summed E-state index contributed by atoms with van der Waals surface area (Å²) in [5, 5.41) is 33.0. The molecule has 4 N–H and O–H groups in total. The van der Waals surface area contributed by atoms with Crippen molar-refractivity contribution < 1.29 is 24.9 Å². The van der Waals surface area contributed by atoms with E-state index >= 15 is 0 Å². The van der Waals surface area contributed by atoms with E-state index in [0.29, 0.717) is 41.9 Å². The molecule has 0 radical (unpaired) electrons. The van der Waals surface area contributed by atoms with Gasteiger partial charge in [0, 0.05) is 6.42 Å². The third-order valence-electron chi connectivity index (χ3n) is 10.8. The summed E-state index contributed by atoms with van der Waals surface area (Å²) in [6.07, 6.45) is 9.12. The number of carbonyl (C=O) groups excluding carboxylic acids is 1. The minimum absolute atomic E-state index is 0. The molecule has 4 aliphatic rings. The van der Waals surface area contributed by atoms with Crippen LogP contribution in [0.3, 0.4) is 0 Å². The number of nitrogens with one attached hydrogen (secondary N) is 1. The second kappa shape index (κ2) is 10.5. The van der Waals surface area contributed by atoms with Crippen LogP contribution in [-0.2, 0) is 9.59 Å². The average Bonchev–Trinajstić information content (AvgIpc) is 3.10. The van der Waals surface area contributed by atoms with E-state index in [0.717, 1.165) is 44.9 Å². The third kappa shape index (κ3) is 4.94. The Kier molecular flexibility index (Phi) is 8.70. The molecule has 184 valence electrons. The summed E-state index contributed by atoms with van der Waals surface area (Å²) in [7, 11) is 0. The number of aliphatic hydroxyl groups excluding tert-OH is 2. The van der Waals surface area contributed by atoms with E-state index in [4.69, 9.17) is 5.11 Å². The number of fused-ring (bicyclic) bond motifs is 5. The molecule has 4 aliphatic carbocycles. The first-order valence-electron chi connectivity index (χ1n) is 12.9. The zero-order chi connectivity index (χ0) is 23.3. The second-order valence-electron chi connectivity index (χ2n) is 12.1. The standard InChI is InChI=1S/C26H43NO5.Na.H/c1-15(4-9-23(30)27-14-24(31)32)19-7-8-20-18-6-5-16-12-17(28)10-11-25(16,2)21(18)13-22(29)26(19,20)3;;/h15-22,28-29H,4-14H2,1-3H3,(H,27,30)(H,31,32);;/t15-,16-,17-,18+,19-,20+,21+,22+,25+,26-;;/m1../s1. The summed E-state index contributed by atoms with van der Waals surface area (Å²) >= 11 is 0. The number of carboxylic acid groups (broad SMARTS) is 1. The van der Waals surface area contributed by atoms with Crippen LogP contribution in [0.15, 0.2) is 0 Å². The molecule has 4 fully saturated rings. The van der Waals surface area contributed by atoms with Crippen LogP contribution in [0.1, 0.15) is 85.0 Å². The van der Waals surface area contributed by atoms with Crippen LogP contribution >= 0.6 is 0 Å². The van der Waals surface area contributed by atoms with E-state index in [9.17, 15) is 19.8 Å². The monoisotopic (exact) mass is 473 g/mol. The van der Waals surface area contributed by atoms with E-state index < -0.39 is 5.97 Å². The van der Waals surface area contributed by atoms with Gasteiger partial charge in [-0.2, -0.15) is 0 Å². The summed E-state index contributed by atoms with van der Waals surface area (Å²) in [6, 6.07) is 0. The fraction of sp³-hybridized carbons (Fsp3) is 0.923. The number of hydrogen-bond donors (Lipinski definition) is 4. The molecule has 4 rings (SSSR count). The normalized spacial score (nSPS) is 45.1. The number of aliphatic hydroxyl groups is 2. The third-order valence-corrected chi connectivity index (χ3v) is 10.8. The zero-order valence-electron chi connectivity index (χ0n) is 20.1. The molecule has 0 saturated heterocycles. The molecule has 0 aliphatic heterocycles. The molecule has 0 heterocycles. The van der Waals surface area contributed by atoms with Gasteiger partial charge in [0.15, 0.2) is 0 Å². The maximum atomic E-state index is 12.0. The van der Waals surface area contributed by atoms with E-state index in [-0.39, 0.29) is 65.0 Å². The van der Waals surface area contributed by atoms with Crippen molar-refractivity contribution in [1.82, 2.24) is 5.32 Å². The predicted octanol–water partition coefficient (Wildman–Crippen LogP) is 2.95. The van der Waals surface area contributed by atoms with Crippen LogP contribution in [0.25, 0.3) is 0 Å². The molecule has 0 aromatic rings. The molecule has 0 aromatic heterocycles. The van der Waals surface area contributed by atoms with Gasteiger partial charge >= 0.3 is 35.5 Å². The molecule has 0 unspecified atom stereocenters. The van der Waals surface area contributed by atoms with Crippen LogP contribution in [0.4, 0.5) is 0 Å². The van der Waals surface area contributed by atoms with Crippen molar-refractivity contribution in [2.24, 2.45) is 46.3 Å². The first kappa shape index (κ1) is 27.4. The molecule has 6 nitrogen and oxygen atoms in total. The van der Waals surface area contributed by atoms with Gasteiger partial charge in [-0.3, -0.25) is 9.59 Å². The zero-order valence-corrected chi connectivity index (χ0v) is 20.1. The molecule has 4 saturated carbocycles. The van der Waals surface area contributed by atoms with Crippen LogP contribution in [0.5, 0.6) is 0 Å². The first-order chi connectivity index (χ1) is 15.1. The Morgan fingerprint density at radius 3 is 2.45 bits per heavy atom. The second-order valence-corrected chi connectivity index (χ2v) is 12.1. The van der Waals surface area contributed by atoms with Gasteiger partial charge in [-0.15, -0.1) is 0 Å². The van der Waals surface area contributed by atoms with Crippen molar-refractivity contribution >= 4 is 41.4 Å². The average molecular weight is 474 g/mol. The van der Waals surface area contributed by atoms with Gasteiger partial charge in [0.2, 0.25) is 5.91 Å². The summed E-state index contributed by atoms with van der Waals surface area (Å²) < 4.78 is 0. The summed E-state index contributed by atoms with van der Waals surface area (Å²) in [6.45, 7) is 6.65. The van der Waals surface area contributed by atoms with Gasteiger partial charge in [0.05, 0.1) is 12.2 Å². The number of carbonyl (C=O) groups is 2. The molecule has 7 heteroatoms. The van der Waals surface area contributed by atoms with Crippen molar-refractivity contribution in [2.75, 3.05) is 6.54 Å². The molecule has 10 atom stereocenters. The quantitative estimate of drug-likeness (QED) is 0.444. The van der Waals surface area contributed by atoms with E-state index in [1.165, 1.54) is 12.8 Å². The maximum absolute atomic E-state index is 12.0. The molecule has 0 bridgehead atoms. The molecule has 1 amide bonds. The topological polar surface area (TPSA) is 107 Å². The Morgan fingerprint density at radius 1 is 1.03 bits per heavy atom. The SMILES string of the molecule is C[C@H](CCC(=O)NCC(=O)O)[C@H]1CC[C@H]2[C@@H]3CC[C@@H]4C[C@H](O)CC[C@]4(C)[C@H]3C[C@H](O)[C@]12C.[NaH]. The van der Waals surface area contributed by atoms with Crippen molar-refractivity contribution in [3.8, 4) is 0 Å². The van der Waals surface area contributed by atoms with Gasteiger partial charge in [0.1, 0.15) is 6.54 Å². The minimum atomic E-state index is -1.02. The van der Waals surface area contributed by atoms with E-state index in [1.807, 2.05) is 0 Å². The van der Waals surface area contributed by atoms with Gasteiger partial charge < -0.3 is 20.6 Å². The first-order valence-corrected chi connectivity index (χ1v) is 12.9.